The molecule has 20 heavy (non-hydrogen) atoms. The highest BCUT2D eigenvalue weighted by Gasteiger charge is 2.18. The second kappa shape index (κ2) is 7.15. The average Bonchev–Trinajstić information content (AvgIpc) is 2.91. The molecule has 0 aliphatic carbocycles. The van der Waals surface area contributed by atoms with Crippen LogP contribution in [0.2, 0.25) is 5.02 Å². The maximum Gasteiger partial charge on any atom is 0.319 e. The van der Waals surface area contributed by atoms with Crippen LogP contribution in [-0.2, 0) is 4.74 Å². The number of hydrogen-bond acceptors (Lipinski definition) is 3. The van der Waals surface area contributed by atoms with Crippen molar-refractivity contribution in [2.24, 2.45) is 5.73 Å². The van der Waals surface area contributed by atoms with Crippen molar-refractivity contribution in [1.82, 2.24) is 5.32 Å². The van der Waals surface area contributed by atoms with Crippen LogP contribution in [0.1, 0.15) is 12.0 Å². The van der Waals surface area contributed by atoms with E-state index in [0.717, 1.165) is 6.42 Å². The SMILES string of the molecule is NCC#Cc1cc(Cl)ccc1NC(=O)NC1CCOC1. The van der Waals surface area contributed by atoms with Gasteiger partial charge in [0.05, 0.1) is 24.9 Å². The van der Waals surface area contributed by atoms with Gasteiger partial charge in [0.2, 0.25) is 0 Å². The Morgan fingerprint density at radius 3 is 3.10 bits per heavy atom. The Labute approximate surface area is 122 Å². The summed E-state index contributed by atoms with van der Waals surface area (Å²) in [4.78, 5) is 11.9. The highest BCUT2D eigenvalue weighted by molar-refractivity contribution is 6.30. The molecular formula is C14H16ClN3O2. The van der Waals surface area contributed by atoms with Crippen molar-refractivity contribution in [3.63, 3.8) is 0 Å². The fourth-order valence-corrected chi connectivity index (χ4v) is 2.04. The molecule has 1 aliphatic rings. The van der Waals surface area contributed by atoms with Crippen molar-refractivity contribution in [2.75, 3.05) is 25.1 Å². The highest BCUT2D eigenvalue weighted by atomic mass is 35.5. The first-order chi connectivity index (χ1) is 9.69. The minimum Gasteiger partial charge on any atom is -0.379 e. The van der Waals surface area contributed by atoms with Gasteiger partial charge in [0, 0.05) is 17.2 Å². The van der Waals surface area contributed by atoms with Gasteiger partial charge in [-0.1, -0.05) is 23.4 Å². The second-order valence-electron chi connectivity index (χ2n) is 4.35. The number of halogens is 1. The number of anilines is 1. The van der Waals surface area contributed by atoms with Crippen LogP contribution in [-0.4, -0.2) is 31.8 Å². The van der Waals surface area contributed by atoms with Gasteiger partial charge >= 0.3 is 6.03 Å². The van der Waals surface area contributed by atoms with Crippen molar-refractivity contribution in [3.8, 4) is 11.8 Å². The number of urea groups is 1. The molecule has 1 aliphatic heterocycles. The molecule has 1 saturated heterocycles. The number of amides is 2. The summed E-state index contributed by atoms with van der Waals surface area (Å²) in [5.74, 6) is 5.63. The Morgan fingerprint density at radius 1 is 1.55 bits per heavy atom. The number of carbonyl (C=O) groups excluding carboxylic acids is 1. The molecule has 2 rings (SSSR count). The van der Waals surface area contributed by atoms with Gasteiger partial charge in [-0.25, -0.2) is 4.79 Å². The molecule has 2 amide bonds. The maximum absolute atomic E-state index is 11.9. The first kappa shape index (κ1) is 14.7. The third-order valence-corrected chi connectivity index (χ3v) is 3.05. The Bertz CT molecular complexity index is 545. The molecule has 1 heterocycles. The predicted octanol–water partition coefficient (Wildman–Crippen LogP) is 1.56. The zero-order valence-corrected chi connectivity index (χ0v) is 11.7. The van der Waals surface area contributed by atoms with Crippen LogP contribution < -0.4 is 16.4 Å². The molecule has 1 unspecified atom stereocenters. The number of rotatable bonds is 2. The number of nitrogens with two attached hydrogens (primary N) is 1. The smallest absolute Gasteiger partial charge is 0.319 e. The zero-order valence-electron chi connectivity index (χ0n) is 10.9. The van der Waals surface area contributed by atoms with E-state index in [1.807, 2.05) is 0 Å². The molecule has 1 atom stereocenters. The van der Waals surface area contributed by atoms with E-state index >= 15 is 0 Å². The monoisotopic (exact) mass is 293 g/mol. The molecule has 1 aromatic carbocycles. The van der Waals surface area contributed by atoms with Crippen molar-refractivity contribution >= 4 is 23.3 Å². The normalized spacial score (nSPS) is 17.2. The molecule has 0 radical (unpaired) electrons. The number of benzene rings is 1. The van der Waals surface area contributed by atoms with Crippen molar-refractivity contribution in [3.05, 3.63) is 28.8 Å². The van der Waals surface area contributed by atoms with Crippen molar-refractivity contribution in [2.45, 2.75) is 12.5 Å². The predicted molar refractivity (Wildman–Crippen MR) is 78.8 cm³/mol. The molecule has 0 bridgehead atoms. The Hall–Kier alpha value is -1.74. The van der Waals surface area contributed by atoms with Gasteiger partial charge in [-0.05, 0) is 24.6 Å². The summed E-state index contributed by atoms with van der Waals surface area (Å²) in [6.07, 6.45) is 0.827. The summed E-state index contributed by atoms with van der Waals surface area (Å²) >= 11 is 5.93. The van der Waals surface area contributed by atoms with E-state index in [0.29, 0.717) is 29.5 Å². The number of nitrogens with one attached hydrogen (secondary N) is 2. The Balaban J connectivity index is 2.05. The quantitative estimate of drug-likeness (QED) is 0.724. The molecule has 1 fully saturated rings. The van der Waals surface area contributed by atoms with E-state index < -0.39 is 0 Å². The van der Waals surface area contributed by atoms with E-state index in [1.54, 1.807) is 18.2 Å². The van der Waals surface area contributed by atoms with E-state index in [9.17, 15) is 4.79 Å². The molecule has 0 spiro atoms. The molecule has 5 nitrogen and oxygen atoms in total. The summed E-state index contributed by atoms with van der Waals surface area (Å²) in [7, 11) is 0. The lowest BCUT2D eigenvalue weighted by Gasteiger charge is -2.13. The van der Waals surface area contributed by atoms with Gasteiger partial charge in [0.15, 0.2) is 0 Å². The van der Waals surface area contributed by atoms with Crippen molar-refractivity contribution in [1.29, 1.82) is 0 Å². The lowest BCUT2D eigenvalue weighted by atomic mass is 10.2. The minimum atomic E-state index is -0.279. The number of hydrogen-bond donors (Lipinski definition) is 3. The zero-order chi connectivity index (χ0) is 14.4. The van der Waals surface area contributed by atoms with Crippen LogP contribution in [0.3, 0.4) is 0 Å². The van der Waals surface area contributed by atoms with Crippen LogP contribution in [0.5, 0.6) is 0 Å². The summed E-state index contributed by atoms with van der Waals surface area (Å²) in [6, 6.07) is 4.88. The molecular weight excluding hydrogens is 278 g/mol. The maximum atomic E-state index is 11.9. The van der Waals surface area contributed by atoms with Crippen LogP contribution in [0.15, 0.2) is 18.2 Å². The highest BCUT2D eigenvalue weighted by Crippen LogP contribution is 2.20. The molecule has 0 saturated carbocycles. The largest absolute Gasteiger partial charge is 0.379 e. The van der Waals surface area contributed by atoms with Crippen LogP contribution >= 0.6 is 11.6 Å². The number of ether oxygens (including phenoxy) is 1. The van der Waals surface area contributed by atoms with Crippen molar-refractivity contribution < 1.29 is 9.53 Å². The van der Waals surface area contributed by atoms with Gasteiger partial charge in [0.1, 0.15) is 0 Å². The van der Waals surface area contributed by atoms with Gasteiger partial charge < -0.3 is 21.1 Å². The molecule has 4 N–H and O–H groups in total. The van der Waals surface area contributed by atoms with Gasteiger partial charge in [0.25, 0.3) is 0 Å². The standard InChI is InChI=1S/C14H16ClN3O2/c15-11-3-4-13(10(8-11)2-1-6-16)18-14(19)17-12-5-7-20-9-12/h3-4,8,12H,5-7,9,16H2,(H2,17,18,19). The fraction of sp³-hybridized carbons (Fsp3) is 0.357. The topological polar surface area (TPSA) is 76.4 Å². The molecule has 106 valence electrons. The molecule has 1 aromatic rings. The van der Waals surface area contributed by atoms with E-state index in [-0.39, 0.29) is 18.6 Å². The van der Waals surface area contributed by atoms with Gasteiger partial charge in [-0.3, -0.25) is 0 Å². The molecule has 6 heteroatoms. The number of carbonyl (C=O) groups is 1. The lowest BCUT2D eigenvalue weighted by Crippen LogP contribution is -2.38. The van der Waals surface area contributed by atoms with Crippen LogP contribution in [0, 0.1) is 11.8 Å². The average molecular weight is 294 g/mol. The first-order valence-electron chi connectivity index (χ1n) is 6.33. The Kier molecular flexibility index (Phi) is 5.24. The summed E-state index contributed by atoms with van der Waals surface area (Å²) in [5, 5.41) is 6.17. The van der Waals surface area contributed by atoms with E-state index in [4.69, 9.17) is 22.1 Å². The summed E-state index contributed by atoms with van der Waals surface area (Å²) in [6.45, 7) is 1.48. The first-order valence-corrected chi connectivity index (χ1v) is 6.70. The van der Waals surface area contributed by atoms with Crippen LogP contribution in [0.4, 0.5) is 10.5 Å². The summed E-state index contributed by atoms with van der Waals surface area (Å²) < 4.78 is 5.20. The third kappa shape index (κ3) is 4.14. The minimum absolute atomic E-state index is 0.0564. The van der Waals surface area contributed by atoms with E-state index in [1.165, 1.54) is 0 Å². The molecule has 0 aromatic heterocycles. The third-order valence-electron chi connectivity index (χ3n) is 2.82. The van der Waals surface area contributed by atoms with E-state index in [2.05, 4.69) is 22.5 Å². The van der Waals surface area contributed by atoms with Crippen LogP contribution in [0.25, 0.3) is 0 Å². The Morgan fingerprint density at radius 2 is 2.40 bits per heavy atom. The van der Waals surface area contributed by atoms with Gasteiger partial charge in [-0.15, -0.1) is 0 Å². The lowest BCUT2D eigenvalue weighted by molar-refractivity contribution is 0.189. The fourth-order valence-electron chi connectivity index (χ4n) is 1.87. The summed E-state index contributed by atoms with van der Waals surface area (Å²) in [5.41, 5.74) is 6.60. The second-order valence-corrected chi connectivity index (χ2v) is 4.79. The van der Waals surface area contributed by atoms with Gasteiger partial charge in [-0.2, -0.15) is 0 Å².